The third-order valence-electron chi connectivity index (χ3n) is 1.59. The number of carbonyl (C=O) groups is 2. The van der Waals surface area contributed by atoms with Gasteiger partial charge in [-0.25, -0.2) is 4.79 Å². The third kappa shape index (κ3) is 1.54. The zero-order chi connectivity index (χ0) is 8.55. The summed E-state index contributed by atoms with van der Waals surface area (Å²) in [5.74, 6) is -0.444. The van der Waals surface area contributed by atoms with Gasteiger partial charge in [-0.15, -0.1) is 0 Å². The molecule has 2 N–H and O–H groups in total. The fraction of sp³-hybridized carbons (Fsp3) is 0.667. The van der Waals surface area contributed by atoms with Crippen LogP contribution in [0.2, 0.25) is 0 Å². The Kier molecular flexibility index (Phi) is 1.70. The van der Waals surface area contributed by atoms with E-state index in [2.05, 4.69) is 10.6 Å². The van der Waals surface area contributed by atoms with Crippen molar-refractivity contribution in [3.63, 3.8) is 0 Å². The predicted octanol–water partition coefficient (Wildman–Crippen LogP) is -1.43. The maximum absolute atomic E-state index is 10.9. The standard InChI is InChI=1S/C6H8N2O4/c9-4-5(8-6(10)7-4)12-2-3-1-11-3/h3,5H,1-2H2,(H2,7,8,9,10). The summed E-state index contributed by atoms with van der Waals surface area (Å²) in [7, 11) is 0. The summed E-state index contributed by atoms with van der Waals surface area (Å²) >= 11 is 0. The molecular weight excluding hydrogens is 164 g/mol. The normalized spacial score (nSPS) is 33.0. The van der Waals surface area contributed by atoms with Crippen molar-refractivity contribution in [2.24, 2.45) is 0 Å². The molecule has 2 saturated heterocycles. The lowest BCUT2D eigenvalue weighted by atomic mass is 10.5. The van der Waals surface area contributed by atoms with Crippen molar-refractivity contribution in [1.29, 1.82) is 0 Å². The molecule has 0 spiro atoms. The molecule has 0 aliphatic carbocycles. The minimum Gasteiger partial charge on any atom is -0.371 e. The molecule has 6 heteroatoms. The van der Waals surface area contributed by atoms with Crippen molar-refractivity contribution in [3.05, 3.63) is 0 Å². The Morgan fingerprint density at radius 3 is 2.83 bits per heavy atom. The van der Waals surface area contributed by atoms with Crippen LogP contribution in [0, 0.1) is 0 Å². The van der Waals surface area contributed by atoms with E-state index < -0.39 is 18.2 Å². The molecule has 2 unspecified atom stereocenters. The van der Waals surface area contributed by atoms with Gasteiger partial charge >= 0.3 is 6.03 Å². The molecular formula is C6H8N2O4. The van der Waals surface area contributed by atoms with Crippen LogP contribution in [0.5, 0.6) is 0 Å². The van der Waals surface area contributed by atoms with Crippen molar-refractivity contribution in [2.45, 2.75) is 12.3 Å². The van der Waals surface area contributed by atoms with Crippen molar-refractivity contribution >= 4 is 11.9 Å². The van der Waals surface area contributed by atoms with Gasteiger partial charge in [0.25, 0.3) is 5.91 Å². The van der Waals surface area contributed by atoms with Crippen molar-refractivity contribution in [1.82, 2.24) is 10.6 Å². The van der Waals surface area contributed by atoms with E-state index in [0.717, 1.165) is 0 Å². The summed E-state index contributed by atoms with van der Waals surface area (Å²) in [5.41, 5.74) is 0. The maximum atomic E-state index is 10.9. The van der Waals surface area contributed by atoms with Crippen LogP contribution in [0.4, 0.5) is 4.79 Å². The largest absolute Gasteiger partial charge is 0.371 e. The minimum absolute atomic E-state index is 0.0929. The number of hydrogen-bond donors (Lipinski definition) is 2. The Morgan fingerprint density at radius 1 is 1.58 bits per heavy atom. The second-order valence-electron chi connectivity index (χ2n) is 2.63. The molecule has 0 aromatic rings. The Bertz CT molecular complexity index is 226. The van der Waals surface area contributed by atoms with Gasteiger partial charge in [-0.05, 0) is 0 Å². The van der Waals surface area contributed by atoms with E-state index in [4.69, 9.17) is 9.47 Å². The highest BCUT2D eigenvalue weighted by molar-refractivity contribution is 6.03. The zero-order valence-corrected chi connectivity index (χ0v) is 6.20. The molecule has 2 aliphatic heterocycles. The Balaban J connectivity index is 1.78. The summed E-state index contributed by atoms with van der Waals surface area (Å²) in [4.78, 5) is 21.4. The van der Waals surface area contributed by atoms with Gasteiger partial charge in [0.2, 0.25) is 6.23 Å². The number of urea groups is 1. The fourth-order valence-electron chi connectivity index (χ4n) is 0.883. The molecule has 3 amide bonds. The number of epoxide rings is 1. The van der Waals surface area contributed by atoms with E-state index in [9.17, 15) is 9.59 Å². The van der Waals surface area contributed by atoms with Gasteiger partial charge in [0.1, 0.15) is 6.10 Å². The van der Waals surface area contributed by atoms with E-state index in [-0.39, 0.29) is 6.10 Å². The molecule has 2 rings (SSSR count). The van der Waals surface area contributed by atoms with E-state index in [1.54, 1.807) is 0 Å². The number of ether oxygens (including phenoxy) is 2. The molecule has 0 aromatic carbocycles. The van der Waals surface area contributed by atoms with Crippen LogP contribution in [0.25, 0.3) is 0 Å². The number of carbonyl (C=O) groups excluding carboxylic acids is 2. The first-order valence-corrected chi connectivity index (χ1v) is 3.60. The molecule has 2 heterocycles. The molecule has 0 bridgehead atoms. The number of nitrogens with one attached hydrogen (secondary N) is 2. The van der Waals surface area contributed by atoms with Crippen molar-refractivity contribution in [3.8, 4) is 0 Å². The van der Waals surface area contributed by atoms with Crippen LogP contribution < -0.4 is 10.6 Å². The number of hydrogen-bond acceptors (Lipinski definition) is 4. The summed E-state index contributed by atoms with van der Waals surface area (Å²) in [6.07, 6.45) is -0.753. The summed E-state index contributed by atoms with van der Waals surface area (Å²) in [6, 6.07) is -0.512. The summed E-state index contributed by atoms with van der Waals surface area (Å²) in [6.45, 7) is 1.01. The minimum atomic E-state index is -0.846. The lowest BCUT2D eigenvalue weighted by Gasteiger charge is -2.06. The van der Waals surface area contributed by atoms with Gasteiger partial charge < -0.3 is 14.8 Å². The number of amides is 3. The maximum Gasteiger partial charge on any atom is 0.323 e. The smallest absolute Gasteiger partial charge is 0.323 e. The second kappa shape index (κ2) is 2.72. The highest BCUT2D eigenvalue weighted by atomic mass is 16.6. The first kappa shape index (κ1) is 7.51. The van der Waals surface area contributed by atoms with Crippen LogP contribution in [0.3, 0.4) is 0 Å². The molecule has 66 valence electrons. The molecule has 0 aromatic heterocycles. The summed E-state index contributed by atoms with van der Waals surface area (Å²) < 4.78 is 9.90. The van der Waals surface area contributed by atoms with E-state index in [1.165, 1.54) is 0 Å². The fourth-order valence-corrected chi connectivity index (χ4v) is 0.883. The van der Waals surface area contributed by atoms with Crippen LogP contribution in [-0.2, 0) is 14.3 Å². The van der Waals surface area contributed by atoms with Crippen LogP contribution in [0.15, 0.2) is 0 Å². The predicted molar refractivity (Wildman–Crippen MR) is 36.2 cm³/mol. The second-order valence-corrected chi connectivity index (χ2v) is 2.63. The van der Waals surface area contributed by atoms with E-state index in [0.29, 0.717) is 13.2 Å². The van der Waals surface area contributed by atoms with Gasteiger partial charge in [-0.2, -0.15) is 0 Å². The number of rotatable bonds is 3. The molecule has 0 radical (unpaired) electrons. The molecule has 12 heavy (non-hydrogen) atoms. The van der Waals surface area contributed by atoms with E-state index >= 15 is 0 Å². The van der Waals surface area contributed by atoms with Crippen LogP contribution >= 0.6 is 0 Å². The summed E-state index contributed by atoms with van der Waals surface area (Å²) in [5, 5.41) is 4.37. The van der Waals surface area contributed by atoms with Crippen molar-refractivity contribution < 1.29 is 19.1 Å². The first-order valence-electron chi connectivity index (χ1n) is 3.60. The van der Waals surface area contributed by atoms with Crippen LogP contribution in [0.1, 0.15) is 0 Å². The average Bonchev–Trinajstić information content (AvgIpc) is 2.76. The molecule has 2 aliphatic rings. The van der Waals surface area contributed by atoms with Crippen LogP contribution in [-0.4, -0.2) is 37.5 Å². The Hall–Kier alpha value is -1.14. The monoisotopic (exact) mass is 172 g/mol. The van der Waals surface area contributed by atoms with Gasteiger partial charge in [0, 0.05) is 0 Å². The van der Waals surface area contributed by atoms with Gasteiger partial charge in [0.15, 0.2) is 0 Å². The van der Waals surface area contributed by atoms with Crippen molar-refractivity contribution in [2.75, 3.05) is 13.2 Å². The Morgan fingerprint density at radius 2 is 2.33 bits per heavy atom. The third-order valence-corrected chi connectivity index (χ3v) is 1.59. The first-order chi connectivity index (χ1) is 5.75. The highest BCUT2D eigenvalue weighted by Crippen LogP contribution is 2.10. The van der Waals surface area contributed by atoms with Gasteiger partial charge in [0.05, 0.1) is 13.2 Å². The molecule has 0 saturated carbocycles. The molecule has 2 atom stereocenters. The Labute approximate surface area is 68.2 Å². The number of imide groups is 1. The highest BCUT2D eigenvalue weighted by Gasteiger charge is 2.32. The zero-order valence-electron chi connectivity index (χ0n) is 6.20. The quantitative estimate of drug-likeness (QED) is 0.404. The average molecular weight is 172 g/mol. The topological polar surface area (TPSA) is 80.0 Å². The van der Waals surface area contributed by atoms with Gasteiger partial charge in [-0.3, -0.25) is 10.1 Å². The lowest BCUT2D eigenvalue weighted by Crippen LogP contribution is -2.33. The van der Waals surface area contributed by atoms with Gasteiger partial charge in [-0.1, -0.05) is 0 Å². The SMILES string of the molecule is O=C1NC(=O)C(OCC2CO2)N1. The molecule has 2 fully saturated rings. The lowest BCUT2D eigenvalue weighted by molar-refractivity contribution is -0.130. The van der Waals surface area contributed by atoms with E-state index in [1.807, 2.05) is 0 Å². The molecule has 6 nitrogen and oxygen atoms in total.